The Morgan fingerprint density at radius 3 is 2.24 bits per heavy atom. The molecule has 4 aliphatic rings. The van der Waals surface area contributed by atoms with Crippen molar-refractivity contribution in [3.63, 3.8) is 0 Å². The first-order valence-electron chi connectivity index (χ1n) is 18.2. The Morgan fingerprint density at radius 2 is 1.48 bits per heavy atom. The van der Waals surface area contributed by atoms with Crippen LogP contribution in [0.1, 0.15) is 102 Å². The van der Waals surface area contributed by atoms with Gasteiger partial charge in [-0.3, -0.25) is 15.3 Å². The summed E-state index contributed by atoms with van der Waals surface area (Å²) in [6.45, 7) is 0. The normalized spacial score (nSPS) is 21.7. The first kappa shape index (κ1) is 30.7. The Balaban J connectivity index is 1.06. The Kier molecular flexibility index (Phi) is 7.87. The molecule has 0 aromatic heterocycles. The molecule has 4 heteroatoms. The van der Waals surface area contributed by atoms with Crippen molar-refractivity contribution in [3.8, 4) is 28.3 Å². The summed E-state index contributed by atoms with van der Waals surface area (Å²) in [6, 6.07) is 44.5. The fourth-order valence-corrected chi connectivity index (χ4v) is 8.97. The average Bonchev–Trinajstić information content (AvgIpc) is 3.46. The van der Waals surface area contributed by atoms with Crippen molar-refractivity contribution in [2.45, 2.75) is 68.5 Å². The highest BCUT2D eigenvalue weighted by atomic mass is 15.1. The van der Waals surface area contributed by atoms with Crippen molar-refractivity contribution in [1.29, 1.82) is 5.26 Å². The second-order valence-electron chi connectivity index (χ2n) is 14.3. The van der Waals surface area contributed by atoms with E-state index >= 15 is 0 Å². The number of aliphatic imine (C=N–C) groups is 2. The maximum absolute atomic E-state index is 9.79. The molecule has 1 spiro atoms. The van der Waals surface area contributed by atoms with Crippen molar-refractivity contribution in [2.75, 3.05) is 0 Å². The van der Waals surface area contributed by atoms with Crippen LogP contribution in [0.5, 0.6) is 0 Å². The van der Waals surface area contributed by atoms with Gasteiger partial charge in [-0.1, -0.05) is 128 Å². The van der Waals surface area contributed by atoms with Crippen LogP contribution in [0.15, 0.2) is 138 Å². The fourth-order valence-electron chi connectivity index (χ4n) is 8.97. The maximum atomic E-state index is 9.79. The quantitative estimate of drug-likeness (QED) is 0.206. The van der Waals surface area contributed by atoms with Gasteiger partial charge >= 0.3 is 0 Å². The van der Waals surface area contributed by atoms with Crippen molar-refractivity contribution in [3.05, 3.63) is 166 Å². The van der Waals surface area contributed by atoms with E-state index in [2.05, 4.69) is 138 Å². The number of hydrogen-bond acceptors (Lipinski definition) is 4. The number of hydrogen-bond donors (Lipinski definition) is 1. The molecule has 0 saturated heterocycles. The molecule has 3 atom stereocenters. The van der Waals surface area contributed by atoms with Crippen molar-refractivity contribution in [2.24, 2.45) is 9.98 Å². The van der Waals surface area contributed by atoms with Crippen molar-refractivity contribution in [1.82, 2.24) is 5.32 Å². The molecule has 9 rings (SSSR count). The van der Waals surface area contributed by atoms with Crippen LogP contribution in [-0.2, 0) is 5.41 Å². The van der Waals surface area contributed by atoms with Crippen molar-refractivity contribution >= 4 is 11.9 Å². The zero-order chi connectivity index (χ0) is 33.5. The van der Waals surface area contributed by atoms with Crippen LogP contribution in [0.2, 0.25) is 0 Å². The Labute approximate surface area is 295 Å². The van der Waals surface area contributed by atoms with Gasteiger partial charge in [0.05, 0.1) is 11.6 Å². The van der Waals surface area contributed by atoms with Gasteiger partial charge < -0.3 is 0 Å². The predicted molar refractivity (Wildman–Crippen MR) is 204 cm³/mol. The molecule has 5 aromatic rings. The number of benzene rings is 5. The summed E-state index contributed by atoms with van der Waals surface area (Å²) in [6.07, 6.45) is 13.8. The van der Waals surface area contributed by atoms with Gasteiger partial charge in [-0.15, -0.1) is 0 Å². The molecular formula is C46H40N4. The molecule has 2 heterocycles. The lowest BCUT2D eigenvalue weighted by Crippen LogP contribution is -2.33. The molecule has 4 nitrogen and oxygen atoms in total. The summed E-state index contributed by atoms with van der Waals surface area (Å²) in [7, 11) is 0. The SMILES string of the molecule is N#Cc1ccc2c(c1)C1(CCCCC1)c1cccc(-c3ccc(C4=NC(c5ccccc5)NC(c5ccc(C6C=NC=CC6)cc5)C4)cc3)c1-2. The van der Waals surface area contributed by atoms with Crippen LogP contribution in [0.25, 0.3) is 22.3 Å². The summed E-state index contributed by atoms with van der Waals surface area (Å²) in [5.74, 6) is 0.337. The minimum atomic E-state index is -0.126. The van der Waals surface area contributed by atoms with E-state index in [0.29, 0.717) is 5.92 Å². The van der Waals surface area contributed by atoms with Gasteiger partial charge in [0, 0.05) is 41.9 Å². The maximum Gasteiger partial charge on any atom is 0.126 e. The van der Waals surface area contributed by atoms with Crippen LogP contribution in [0, 0.1) is 11.3 Å². The summed E-state index contributed by atoms with van der Waals surface area (Å²) >= 11 is 0. The van der Waals surface area contributed by atoms with Gasteiger partial charge in [0.25, 0.3) is 0 Å². The Hall–Kier alpha value is -5.37. The molecule has 0 bridgehead atoms. The van der Waals surface area contributed by atoms with E-state index in [9.17, 15) is 5.26 Å². The van der Waals surface area contributed by atoms with Gasteiger partial charge in [-0.25, -0.2) is 0 Å². The van der Waals surface area contributed by atoms with E-state index in [-0.39, 0.29) is 17.6 Å². The molecule has 244 valence electrons. The van der Waals surface area contributed by atoms with E-state index in [0.717, 1.165) is 37.0 Å². The molecule has 0 amide bonds. The summed E-state index contributed by atoms with van der Waals surface area (Å²) in [5.41, 5.74) is 14.7. The lowest BCUT2D eigenvalue weighted by atomic mass is 9.67. The lowest BCUT2D eigenvalue weighted by Gasteiger charge is -2.36. The van der Waals surface area contributed by atoms with Crippen molar-refractivity contribution < 1.29 is 0 Å². The van der Waals surface area contributed by atoms with Gasteiger partial charge in [0.1, 0.15) is 6.17 Å². The molecule has 1 N–H and O–H groups in total. The molecule has 0 radical (unpaired) electrons. The predicted octanol–water partition coefficient (Wildman–Crippen LogP) is 10.8. The zero-order valence-corrected chi connectivity index (χ0v) is 28.2. The number of fused-ring (bicyclic) bond motifs is 5. The van der Waals surface area contributed by atoms with Crippen LogP contribution in [0.4, 0.5) is 0 Å². The van der Waals surface area contributed by atoms with Crippen LogP contribution < -0.4 is 5.32 Å². The highest BCUT2D eigenvalue weighted by molar-refractivity contribution is 6.02. The first-order valence-corrected chi connectivity index (χ1v) is 18.2. The third-order valence-electron chi connectivity index (χ3n) is 11.5. The largest absolute Gasteiger partial charge is 0.285 e. The van der Waals surface area contributed by atoms with Gasteiger partial charge in [-0.05, 0) is 87.0 Å². The molecule has 50 heavy (non-hydrogen) atoms. The van der Waals surface area contributed by atoms with E-state index in [1.165, 1.54) is 74.9 Å². The summed E-state index contributed by atoms with van der Waals surface area (Å²) in [5, 5.41) is 13.6. The molecular weight excluding hydrogens is 609 g/mol. The number of nitrogens with zero attached hydrogens (tertiary/aromatic N) is 3. The summed E-state index contributed by atoms with van der Waals surface area (Å²) in [4.78, 5) is 9.68. The first-order chi connectivity index (χ1) is 24.7. The molecule has 3 unspecified atom stereocenters. The third-order valence-corrected chi connectivity index (χ3v) is 11.5. The smallest absolute Gasteiger partial charge is 0.126 e. The topological polar surface area (TPSA) is 60.5 Å². The number of nitrogens with one attached hydrogen (secondary N) is 1. The van der Waals surface area contributed by atoms with Crippen LogP contribution >= 0.6 is 0 Å². The standard InChI is InChI=1S/C46H40N4/c47-29-31-14-23-39-41(27-31)46(24-5-2-6-25-46)40-13-7-12-38(44(39)40)33-17-21-35(22-18-33)43-28-42(49-45(50-43)36-9-3-1-4-10-36)34-19-15-32(16-20-34)37-11-8-26-48-30-37/h1,3-4,7-10,12-23,26-27,30,37,42,45,49H,2,5-6,11,24-25,28H2. The van der Waals surface area contributed by atoms with Gasteiger partial charge in [-0.2, -0.15) is 5.26 Å². The van der Waals surface area contributed by atoms with E-state index < -0.39 is 0 Å². The molecule has 2 aliphatic carbocycles. The van der Waals surface area contributed by atoms with E-state index in [1.54, 1.807) is 0 Å². The minimum Gasteiger partial charge on any atom is -0.285 e. The fraction of sp³-hybridized carbons (Fsp3) is 0.239. The minimum absolute atomic E-state index is 0.0102. The van der Waals surface area contributed by atoms with Gasteiger partial charge in [0.2, 0.25) is 0 Å². The molecule has 1 saturated carbocycles. The van der Waals surface area contributed by atoms with Gasteiger partial charge in [0.15, 0.2) is 0 Å². The number of nitriles is 1. The number of rotatable bonds is 5. The molecule has 2 aliphatic heterocycles. The second kappa shape index (κ2) is 12.8. The summed E-state index contributed by atoms with van der Waals surface area (Å²) < 4.78 is 0. The van der Waals surface area contributed by atoms with E-state index in [1.807, 2.05) is 12.3 Å². The highest BCUT2D eigenvalue weighted by Crippen LogP contribution is 2.58. The van der Waals surface area contributed by atoms with Crippen LogP contribution in [-0.4, -0.2) is 11.9 Å². The average molecular weight is 649 g/mol. The Morgan fingerprint density at radius 1 is 0.700 bits per heavy atom. The monoisotopic (exact) mass is 648 g/mol. The van der Waals surface area contributed by atoms with Crippen LogP contribution in [0.3, 0.4) is 0 Å². The highest BCUT2D eigenvalue weighted by Gasteiger charge is 2.44. The third kappa shape index (κ3) is 5.34. The second-order valence-corrected chi connectivity index (χ2v) is 14.3. The Bertz CT molecular complexity index is 2180. The lowest BCUT2D eigenvalue weighted by molar-refractivity contribution is 0.353. The van der Waals surface area contributed by atoms with E-state index in [4.69, 9.17) is 4.99 Å². The number of allylic oxidation sites excluding steroid dienone is 1. The molecule has 1 fully saturated rings. The zero-order valence-electron chi connectivity index (χ0n) is 28.2. The molecule has 5 aromatic carbocycles.